The largest absolute Gasteiger partial charge is 0.497 e. The van der Waals surface area contributed by atoms with Crippen molar-refractivity contribution in [1.29, 1.82) is 0 Å². The first-order valence-corrected chi connectivity index (χ1v) is 5.39. The molecule has 0 aliphatic carbocycles. The molecule has 1 heterocycles. The zero-order chi connectivity index (χ0) is 11.7. The highest BCUT2D eigenvalue weighted by Crippen LogP contribution is 2.24. The number of ether oxygens (including phenoxy) is 1. The number of aliphatic hydroxyl groups is 1. The van der Waals surface area contributed by atoms with Gasteiger partial charge in [-0.05, 0) is 26.0 Å². The smallest absolute Gasteiger partial charge is 0.138 e. The standard InChI is InChI=1S/C12H16N2O2/c1-4-14-11-6-5-9(16-3)7-10(11)13-12(14)8(2)15/h5-8,15H,4H2,1-3H3. The Labute approximate surface area is 94.5 Å². The minimum atomic E-state index is -0.557. The normalized spacial score (nSPS) is 13.0. The highest BCUT2D eigenvalue weighted by atomic mass is 16.5. The second kappa shape index (κ2) is 4.14. The molecule has 2 aromatic rings. The molecule has 2 rings (SSSR count). The van der Waals surface area contributed by atoms with Gasteiger partial charge in [0.2, 0.25) is 0 Å². The highest BCUT2D eigenvalue weighted by molar-refractivity contribution is 5.77. The maximum Gasteiger partial charge on any atom is 0.138 e. The highest BCUT2D eigenvalue weighted by Gasteiger charge is 2.13. The molecule has 0 bridgehead atoms. The summed E-state index contributed by atoms with van der Waals surface area (Å²) in [5.74, 6) is 1.48. The Kier molecular flexibility index (Phi) is 2.83. The van der Waals surface area contributed by atoms with E-state index in [2.05, 4.69) is 4.98 Å². The number of imidazole rings is 1. The van der Waals surface area contributed by atoms with Crippen LogP contribution in [0.25, 0.3) is 11.0 Å². The van der Waals surface area contributed by atoms with Gasteiger partial charge in [-0.2, -0.15) is 0 Å². The van der Waals surface area contributed by atoms with Crippen molar-refractivity contribution in [3.05, 3.63) is 24.0 Å². The summed E-state index contributed by atoms with van der Waals surface area (Å²) in [5, 5.41) is 9.65. The molecule has 0 spiro atoms. The van der Waals surface area contributed by atoms with Crippen molar-refractivity contribution in [2.45, 2.75) is 26.5 Å². The summed E-state index contributed by atoms with van der Waals surface area (Å²) in [4.78, 5) is 4.42. The maximum absolute atomic E-state index is 9.65. The SMILES string of the molecule is CCn1c(C(C)O)nc2cc(OC)ccc21. The van der Waals surface area contributed by atoms with E-state index in [4.69, 9.17) is 4.74 Å². The van der Waals surface area contributed by atoms with Crippen LogP contribution in [0, 0.1) is 0 Å². The fourth-order valence-corrected chi connectivity index (χ4v) is 1.91. The fraction of sp³-hybridized carbons (Fsp3) is 0.417. The molecule has 16 heavy (non-hydrogen) atoms. The summed E-state index contributed by atoms with van der Waals surface area (Å²) in [6, 6.07) is 5.76. The molecule has 0 saturated carbocycles. The predicted octanol–water partition coefficient (Wildman–Crippen LogP) is 2.12. The van der Waals surface area contributed by atoms with E-state index in [-0.39, 0.29) is 0 Å². The van der Waals surface area contributed by atoms with Gasteiger partial charge in [0, 0.05) is 12.6 Å². The van der Waals surface area contributed by atoms with E-state index in [1.54, 1.807) is 14.0 Å². The monoisotopic (exact) mass is 220 g/mol. The lowest BCUT2D eigenvalue weighted by Gasteiger charge is -2.07. The number of aromatic nitrogens is 2. The maximum atomic E-state index is 9.65. The Morgan fingerprint density at radius 3 is 2.81 bits per heavy atom. The minimum absolute atomic E-state index is 0.557. The molecule has 4 heteroatoms. The number of benzene rings is 1. The molecule has 1 N–H and O–H groups in total. The second-order valence-electron chi connectivity index (χ2n) is 3.74. The van der Waals surface area contributed by atoms with Crippen LogP contribution in [0.2, 0.25) is 0 Å². The van der Waals surface area contributed by atoms with Crippen LogP contribution in [-0.2, 0) is 6.54 Å². The molecular weight excluding hydrogens is 204 g/mol. The van der Waals surface area contributed by atoms with E-state index in [0.29, 0.717) is 5.82 Å². The molecule has 1 atom stereocenters. The fourth-order valence-electron chi connectivity index (χ4n) is 1.91. The molecule has 0 amide bonds. The van der Waals surface area contributed by atoms with Gasteiger partial charge in [-0.1, -0.05) is 0 Å². The summed E-state index contributed by atoms with van der Waals surface area (Å²) in [6.07, 6.45) is -0.557. The Bertz CT molecular complexity index is 503. The van der Waals surface area contributed by atoms with Crippen molar-refractivity contribution in [3.8, 4) is 5.75 Å². The Morgan fingerprint density at radius 2 is 2.25 bits per heavy atom. The van der Waals surface area contributed by atoms with E-state index in [9.17, 15) is 5.11 Å². The molecule has 0 aliphatic heterocycles. The number of nitrogens with zero attached hydrogens (tertiary/aromatic N) is 2. The molecule has 4 nitrogen and oxygen atoms in total. The van der Waals surface area contributed by atoms with E-state index < -0.39 is 6.10 Å². The van der Waals surface area contributed by atoms with E-state index in [0.717, 1.165) is 23.3 Å². The second-order valence-corrected chi connectivity index (χ2v) is 3.74. The van der Waals surface area contributed by atoms with Crippen LogP contribution in [0.3, 0.4) is 0 Å². The van der Waals surface area contributed by atoms with Gasteiger partial charge in [0.15, 0.2) is 0 Å². The van der Waals surface area contributed by atoms with Crippen LogP contribution >= 0.6 is 0 Å². The molecule has 0 fully saturated rings. The summed E-state index contributed by atoms with van der Waals surface area (Å²) in [6.45, 7) is 4.56. The van der Waals surface area contributed by atoms with E-state index in [1.807, 2.05) is 29.7 Å². The Morgan fingerprint density at radius 1 is 1.50 bits per heavy atom. The third kappa shape index (κ3) is 1.65. The van der Waals surface area contributed by atoms with Gasteiger partial charge in [0.1, 0.15) is 17.7 Å². The van der Waals surface area contributed by atoms with E-state index in [1.165, 1.54) is 0 Å². The Hall–Kier alpha value is -1.55. The lowest BCUT2D eigenvalue weighted by atomic mass is 10.3. The number of fused-ring (bicyclic) bond motifs is 1. The number of aliphatic hydroxyl groups excluding tert-OH is 1. The van der Waals surface area contributed by atoms with Gasteiger partial charge in [-0.15, -0.1) is 0 Å². The molecule has 0 saturated heterocycles. The van der Waals surface area contributed by atoms with Gasteiger partial charge in [0.05, 0.1) is 18.1 Å². The minimum Gasteiger partial charge on any atom is -0.497 e. The third-order valence-electron chi connectivity index (χ3n) is 2.67. The molecule has 0 aliphatic rings. The van der Waals surface area contributed by atoms with Crippen molar-refractivity contribution in [3.63, 3.8) is 0 Å². The van der Waals surface area contributed by atoms with Crippen molar-refractivity contribution >= 4 is 11.0 Å². The topological polar surface area (TPSA) is 47.3 Å². The summed E-state index contributed by atoms with van der Waals surface area (Å²) >= 11 is 0. The van der Waals surface area contributed by atoms with Crippen molar-refractivity contribution in [2.75, 3.05) is 7.11 Å². The predicted molar refractivity (Wildman–Crippen MR) is 62.6 cm³/mol. The summed E-state index contributed by atoms with van der Waals surface area (Å²) < 4.78 is 7.17. The zero-order valence-electron chi connectivity index (χ0n) is 9.77. The summed E-state index contributed by atoms with van der Waals surface area (Å²) in [5.41, 5.74) is 1.89. The van der Waals surface area contributed by atoms with Crippen LogP contribution < -0.4 is 4.74 Å². The Balaban J connectivity index is 2.66. The molecule has 86 valence electrons. The first kappa shape index (κ1) is 11.0. The molecule has 1 aromatic carbocycles. The van der Waals surface area contributed by atoms with Crippen LogP contribution in [0.1, 0.15) is 25.8 Å². The summed E-state index contributed by atoms with van der Waals surface area (Å²) in [7, 11) is 1.63. The number of hydrogen-bond acceptors (Lipinski definition) is 3. The lowest BCUT2D eigenvalue weighted by molar-refractivity contribution is 0.184. The van der Waals surface area contributed by atoms with Gasteiger partial charge in [-0.25, -0.2) is 4.98 Å². The van der Waals surface area contributed by atoms with Gasteiger partial charge in [-0.3, -0.25) is 0 Å². The van der Waals surface area contributed by atoms with Crippen LogP contribution in [-0.4, -0.2) is 21.8 Å². The number of aryl methyl sites for hydroxylation is 1. The first-order valence-electron chi connectivity index (χ1n) is 5.39. The molecule has 1 unspecified atom stereocenters. The van der Waals surface area contributed by atoms with Gasteiger partial charge < -0.3 is 14.4 Å². The molecular formula is C12H16N2O2. The number of hydrogen-bond donors (Lipinski definition) is 1. The molecule has 1 aromatic heterocycles. The van der Waals surface area contributed by atoms with Crippen molar-refractivity contribution in [1.82, 2.24) is 9.55 Å². The van der Waals surface area contributed by atoms with Crippen LogP contribution in [0.4, 0.5) is 0 Å². The van der Waals surface area contributed by atoms with E-state index >= 15 is 0 Å². The van der Waals surface area contributed by atoms with Gasteiger partial charge in [0.25, 0.3) is 0 Å². The quantitative estimate of drug-likeness (QED) is 0.861. The van der Waals surface area contributed by atoms with Crippen molar-refractivity contribution in [2.24, 2.45) is 0 Å². The lowest BCUT2D eigenvalue weighted by Crippen LogP contribution is -2.04. The van der Waals surface area contributed by atoms with Crippen LogP contribution in [0.15, 0.2) is 18.2 Å². The van der Waals surface area contributed by atoms with Crippen LogP contribution in [0.5, 0.6) is 5.75 Å². The first-order chi connectivity index (χ1) is 7.67. The average Bonchev–Trinajstić information content (AvgIpc) is 2.66. The average molecular weight is 220 g/mol. The van der Waals surface area contributed by atoms with Crippen molar-refractivity contribution < 1.29 is 9.84 Å². The van der Waals surface area contributed by atoms with Gasteiger partial charge >= 0.3 is 0 Å². The number of rotatable bonds is 3. The number of methoxy groups -OCH3 is 1. The molecule has 0 radical (unpaired) electrons. The zero-order valence-corrected chi connectivity index (χ0v) is 9.77. The third-order valence-corrected chi connectivity index (χ3v) is 2.67.